The van der Waals surface area contributed by atoms with Crippen LogP contribution in [-0.4, -0.2) is 49.3 Å². The molecule has 1 unspecified atom stereocenters. The Morgan fingerprint density at radius 2 is 1.95 bits per heavy atom. The highest BCUT2D eigenvalue weighted by Gasteiger charge is 2.31. The number of nitrogens with zero attached hydrogens (tertiary/aromatic N) is 1. The van der Waals surface area contributed by atoms with Gasteiger partial charge >= 0.3 is 12.0 Å². The average Bonchev–Trinajstić information content (AvgIpc) is 2.99. The SMILES string of the molecule is COc1cc(Br)c(NC(=O)N2CCC(C(=O)O)C2)cc1OC. The number of nitrogens with one attached hydrogen (secondary N) is 1. The molecule has 1 atom stereocenters. The van der Waals surface area contributed by atoms with Crippen LogP contribution in [-0.2, 0) is 4.79 Å². The first-order valence-electron chi connectivity index (χ1n) is 6.66. The molecular formula is C14H17BrN2O5. The van der Waals surface area contributed by atoms with Crippen molar-refractivity contribution >= 4 is 33.6 Å². The number of hydrogen-bond donors (Lipinski definition) is 2. The Morgan fingerprint density at radius 3 is 2.50 bits per heavy atom. The van der Waals surface area contributed by atoms with Crippen LogP contribution in [0.4, 0.5) is 10.5 Å². The largest absolute Gasteiger partial charge is 0.493 e. The Bertz CT molecular complexity index is 593. The van der Waals surface area contributed by atoms with Gasteiger partial charge in [0.2, 0.25) is 0 Å². The Morgan fingerprint density at radius 1 is 1.32 bits per heavy atom. The molecule has 2 amide bonds. The molecule has 1 aliphatic rings. The van der Waals surface area contributed by atoms with E-state index in [0.29, 0.717) is 34.6 Å². The number of benzene rings is 1. The lowest BCUT2D eigenvalue weighted by molar-refractivity contribution is -0.141. The zero-order valence-electron chi connectivity index (χ0n) is 12.3. The topological polar surface area (TPSA) is 88.1 Å². The number of aliphatic carboxylic acids is 1. The lowest BCUT2D eigenvalue weighted by Gasteiger charge is -2.18. The van der Waals surface area contributed by atoms with Crippen LogP contribution in [0.5, 0.6) is 11.5 Å². The van der Waals surface area contributed by atoms with E-state index in [9.17, 15) is 9.59 Å². The predicted octanol–water partition coefficient (Wildman–Crippen LogP) is 2.40. The van der Waals surface area contributed by atoms with Gasteiger partial charge in [-0.1, -0.05) is 0 Å². The molecule has 1 aliphatic heterocycles. The van der Waals surface area contributed by atoms with Crippen molar-refractivity contribution in [3.63, 3.8) is 0 Å². The van der Waals surface area contributed by atoms with Crippen LogP contribution in [0.1, 0.15) is 6.42 Å². The summed E-state index contributed by atoms with van der Waals surface area (Å²) in [7, 11) is 3.04. The maximum absolute atomic E-state index is 12.2. The summed E-state index contributed by atoms with van der Waals surface area (Å²) in [4.78, 5) is 24.6. The molecule has 1 saturated heterocycles. The Balaban J connectivity index is 2.10. The van der Waals surface area contributed by atoms with Gasteiger partial charge in [0.05, 0.1) is 25.8 Å². The number of carboxylic acid groups (broad SMARTS) is 1. The van der Waals surface area contributed by atoms with Crippen molar-refractivity contribution in [2.24, 2.45) is 5.92 Å². The second kappa shape index (κ2) is 6.87. The van der Waals surface area contributed by atoms with E-state index >= 15 is 0 Å². The zero-order valence-corrected chi connectivity index (χ0v) is 13.8. The molecule has 1 fully saturated rings. The quantitative estimate of drug-likeness (QED) is 0.846. The number of hydrogen-bond acceptors (Lipinski definition) is 4. The van der Waals surface area contributed by atoms with E-state index in [2.05, 4.69) is 21.2 Å². The van der Waals surface area contributed by atoms with Crippen LogP contribution in [0.25, 0.3) is 0 Å². The summed E-state index contributed by atoms with van der Waals surface area (Å²) in [5.41, 5.74) is 0.529. The van der Waals surface area contributed by atoms with E-state index < -0.39 is 11.9 Å². The minimum atomic E-state index is -0.873. The number of amides is 2. The maximum Gasteiger partial charge on any atom is 0.321 e. The van der Waals surface area contributed by atoms with Crippen LogP contribution < -0.4 is 14.8 Å². The molecule has 1 aromatic rings. The summed E-state index contributed by atoms with van der Waals surface area (Å²) in [6.07, 6.45) is 0.468. The Labute approximate surface area is 136 Å². The molecule has 120 valence electrons. The van der Waals surface area contributed by atoms with Crippen LogP contribution in [0.3, 0.4) is 0 Å². The number of likely N-dealkylation sites (tertiary alicyclic amines) is 1. The maximum atomic E-state index is 12.2. The van der Waals surface area contributed by atoms with Gasteiger partial charge in [-0.25, -0.2) is 4.79 Å². The number of urea groups is 1. The fourth-order valence-electron chi connectivity index (χ4n) is 2.29. The first-order chi connectivity index (χ1) is 10.5. The standard InChI is InChI=1S/C14H17BrN2O5/c1-21-11-5-9(15)10(6-12(11)22-2)16-14(20)17-4-3-8(7-17)13(18)19/h5-6,8H,3-4,7H2,1-2H3,(H,16,20)(H,18,19). The first-order valence-corrected chi connectivity index (χ1v) is 7.45. The predicted molar refractivity (Wildman–Crippen MR) is 83.6 cm³/mol. The highest BCUT2D eigenvalue weighted by atomic mass is 79.9. The highest BCUT2D eigenvalue weighted by molar-refractivity contribution is 9.10. The number of carboxylic acids is 1. The molecule has 2 N–H and O–H groups in total. The van der Waals surface area contributed by atoms with Gasteiger partial charge in [0, 0.05) is 29.7 Å². The van der Waals surface area contributed by atoms with Crippen LogP contribution in [0.2, 0.25) is 0 Å². The molecule has 22 heavy (non-hydrogen) atoms. The first kappa shape index (κ1) is 16.4. The lowest BCUT2D eigenvalue weighted by atomic mass is 10.1. The molecule has 0 aliphatic carbocycles. The third kappa shape index (κ3) is 3.44. The summed E-state index contributed by atoms with van der Waals surface area (Å²) in [5.74, 6) is -0.340. The van der Waals surface area contributed by atoms with Crippen LogP contribution in [0.15, 0.2) is 16.6 Å². The minimum Gasteiger partial charge on any atom is -0.493 e. The molecule has 1 heterocycles. The van der Waals surface area contributed by atoms with E-state index in [1.54, 1.807) is 12.1 Å². The fourth-order valence-corrected chi connectivity index (χ4v) is 2.71. The summed E-state index contributed by atoms with van der Waals surface area (Å²) in [6.45, 7) is 0.639. The van der Waals surface area contributed by atoms with E-state index in [0.717, 1.165) is 0 Å². The van der Waals surface area contributed by atoms with Gasteiger partial charge in [0.15, 0.2) is 11.5 Å². The van der Waals surface area contributed by atoms with Gasteiger partial charge in [0.25, 0.3) is 0 Å². The Hall–Kier alpha value is -1.96. The third-order valence-corrected chi connectivity index (χ3v) is 4.20. The number of anilines is 1. The Kier molecular flexibility index (Phi) is 5.12. The second-order valence-corrected chi connectivity index (χ2v) is 5.74. The van der Waals surface area contributed by atoms with Gasteiger partial charge in [0.1, 0.15) is 0 Å². The van der Waals surface area contributed by atoms with E-state index in [1.165, 1.54) is 19.1 Å². The van der Waals surface area contributed by atoms with Crippen molar-refractivity contribution in [3.05, 3.63) is 16.6 Å². The average molecular weight is 373 g/mol. The van der Waals surface area contributed by atoms with Crippen molar-refractivity contribution in [1.29, 1.82) is 0 Å². The molecule has 0 aromatic heterocycles. The molecular weight excluding hydrogens is 356 g/mol. The van der Waals surface area contributed by atoms with E-state index in [1.807, 2.05) is 0 Å². The summed E-state index contributed by atoms with van der Waals surface area (Å²) in [5, 5.41) is 11.7. The molecule has 1 aromatic carbocycles. The summed E-state index contributed by atoms with van der Waals surface area (Å²) >= 11 is 3.36. The second-order valence-electron chi connectivity index (χ2n) is 4.89. The number of methoxy groups -OCH3 is 2. The number of ether oxygens (including phenoxy) is 2. The summed E-state index contributed by atoms with van der Waals surface area (Å²) < 4.78 is 11.0. The van der Waals surface area contributed by atoms with Crippen molar-refractivity contribution in [2.75, 3.05) is 32.6 Å². The van der Waals surface area contributed by atoms with Gasteiger partial charge < -0.3 is 24.8 Å². The van der Waals surface area contributed by atoms with Crippen molar-refractivity contribution in [1.82, 2.24) is 4.90 Å². The van der Waals surface area contributed by atoms with Crippen LogP contribution >= 0.6 is 15.9 Å². The molecule has 0 saturated carbocycles. The van der Waals surface area contributed by atoms with Crippen molar-refractivity contribution in [2.45, 2.75) is 6.42 Å². The number of halogens is 1. The van der Waals surface area contributed by atoms with Gasteiger partial charge in [-0.2, -0.15) is 0 Å². The normalized spacial score (nSPS) is 17.2. The fraction of sp³-hybridized carbons (Fsp3) is 0.429. The highest BCUT2D eigenvalue weighted by Crippen LogP contribution is 2.36. The summed E-state index contributed by atoms with van der Waals surface area (Å²) in [6, 6.07) is 3.00. The van der Waals surface area contributed by atoms with Gasteiger partial charge in [-0.05, 0) is 22.4 Å². The van der Waals surface area contributed by atoms with E-state index in [4.69, 9.17) is 14.6 Å². The molecule has 2 rings (SSSR count). The smallest absolute Gasteiger partial charge is 0.321 e. The molecule has 0 spiro atoms. The van der Waals surface area contributed by atoms with Crippen molar-refractivity contribution < 1.29 is 24.2 Å². The molecule has 0 radical (unpaired) electrons. The number of carbonyl (C=O) groups excluding carboxylic acids is 1. The van der Waals surface area contributed by atoms with Crippen molar-refractivity contribution in [3.8, 4) is 11.5 Å². The monoisotopic (exact) mass is 372 g/mol. The van der Waals surface area contributed by atoms with Gasteiger partial charge in [-0.3, -0.25) is 4.79 Å². The number of rotatable bonds is 4. The van der Waals surface area contributed by atoms with E-state index in [-0.39, 0.29) is 12.6 Å². The lowest BCUT2D eigenvalue weighted by Crippen LogP contribution is -2.33. The minimum absolute atomic E-state index is 0.214. The zero-order chi connectivity index (χ0) is 16.3. The molecule has 7 nitrogen and oxygen atoms in total. The van der Waals surface area contributed by atoms with Crippen LogP contribution in [0, 0.1) is 5.92 Å². The van der Waals surface area contributed by atoms with Gasteiger partial charge in [-0.15, -0.1) is 0 Å². The number of carbonyl (C=O) groups is 2. The third-order valence-electron chi connectivity index (χ3n) is 3.54. The molecule has 0 bridgehead atoms. The molecule has 8 heteroatoms.